The zero-order valence-electron chi connectivity index (χ0n) is 16.7. The van der Waals surface area contributed by atoms with E-state index in [1.54, 1.807) is 16.2 Å². The van der Waals surface area contributed by atoms with Gasteiger partial charge < -0.3 is 15.5 Å². The van der Waals surface area contributed by atoms with Gasteiger partial charge in [-0.2, -0.15) is 0 Å². The molecule has 2 aliphatic rings. The van der Waals surface area contributed by atoms with Crippen LogP contribution in [0.1, 0.15) is 69.6 Å². The zero-order chi connectivity index (χ0) is 20.0. The van der Waals surface area contributed by atoms with Crippen LogP contribution < -0.4 is 10.6 Å². The quantitative estimate of drug-likeness (QED) is 0.732. The molecule has 0 radical (unpaired) electrons. The van der Waals surface area contributed by atoms with Crippen molar-refractivity contribution in [1.29, 1.82) is 0 Å². The lowest BCUT2D eigenvalue weighted by atomic mass is 9.78. The van der Waals surface area contributed by atoms with E-state index >= 15 is 0 Å². The molecule has 3 amide bonds. The highest BCUT2D eigenvalue weighted by atomic mass is 32.1. The summed E-state index contributed by atoms with van der Waals surface area (Å²) in [6.07, 6.45) is 8.67. The Morgan fingerprint density at radius 1 is 1.14 bits per heavy atom. The normalized spacial score (nSPS) is 19.2. The first kappa shape index (κ1) is 20.8. The van der Waals surface area contributed by atoms with Gasteiger partial charge >= 0.3 is 0 Å². The molecule has 1 heterocycles. The van der Waals surface area contributed by atoms with Gasteiger partial charge in [-0.1, -0.05) is 38.2 Å². The molecule has 6 nitrogen and oxygen atoms in total. The summed E-state index contributed by atoms with van der Waals surface area (Å²) in [6, 6.07) is 4.18. The minimum atomic E-state index is -0.819. The molecular formula is C21H31N3O3S. The van der Waals surface area contributed by atoms with Gasteiger partial charge in [-0.3, -0.25) is 14.4 Å². The third-order valence-electron chi connectivity index (χ3n) is 5.99. The van der Waals surface area contributed by atoms with E-state index in [1.807, 2.05) is 17.5 Å². The zero-order valence-corrected chi connectivity index (χ0v) is 17.5. The van der Waals surface area contributed by atoms with Crippen molar-refractivity contribution >= 4 is 29.1 Å². The Morgan fingerprint density at radius 2 is 1.86 bits per heavy atom. The highest BCUT2D eigenvalue weighted by Crippen LogP contribution is 2.36. The second-order valence-electron chi connectivity index (χ2n) is 8.02. The highest BCUT2D eigenvalue weighted by molar-refractivity contribution is 7.09. The van der Waals surface area contributed by atoms with E-state index in [-0.39, 0.29) is 30.3 Å². The first-order valence-corrected chi connectivity index (χ1v) is 11.3. The van der Waals surface area contributed by atoms with Crippen LogP contribution in [0.4, 0.5) is 0 Å². The van der Waals surface area contributed by atoms with Gasteiger partial charge in [-0.05, 0) is 37.1 Å². The average molecular weight is 406 g/mol. The lowest BCUT2D eigenvalue weighted by Gasteiger charge is -2.45. The van der Waals surface area contributed by atoms with E-state index in [1.165, 1.54) is 6.92 Å². The summed E-state index contributed by atoms with van der Waals surface area (Å²) < 4.78 is 0. The van der Waals surface area contributed by atoms with Crippen molar-refractivity contribution in [2.24, 2.45) is 0 Å². The summed E-state index contributed by atoms with van der Waals surface area (Å²) in [6.45, 7) is 1.74. The van der Waals surface area contributed by atoms with Gasteiger partial charge in [0.2, 0.25) is 17.7 Å². The van der Waals surface area contributed by atoms with Crippen LogP contribution >= 0.6 is 11.3 Å². The van der Waals surface area contributed by atoms with Crippen LogP contribution in [0.25, 0.3) is 0 Å². The Balaban J connectivity index is 1.86. The summed E-state index contributed by atoms with van der Waals surface area (Å²) in [4.78, 5) is 40.8. The molecule has 2 saturated carbocycles. The van der Waals surface area contributed by atoms with Gasteiger partial charge in [-0.25, -0.2) is 0 Å². The molecule has 2 aliphatic carbocycles. The molecule has 0 saturated heterocycles. The third kappa shape index (κ3) is 4.93. The van der Waals surface area contributed by atoms with Crippen molar-refractivity contribution in [3.8, 4) is 0 Å². The summed E-state index contributed by atoms with van der Waals surface area (Å²) in [5.74, 6) is -0.434. The fraction of sp³-hybridized carbons (Fsp3) is 0.667. The number of thiophene rings is 1. The molecule has 0 atom stereocenters. The van der Waals surface area contributed by atoms with Crippen molar-refractivity contribution in [2.75, 3.05) is 6.54 Å². The molecule has 0 aliphatic heterocycles. The van der Waals surface area contributed by atoms with Gasteiger partial charge in [0.1, 0.15) is 5.54 Å². The van der Waals surface area contributed by atoms with Crippen LogP contribution in [0.15, 0.2) is 17.5 Å². The summed E-state index contributed by atoms with van der Waals surface area (Å²) in [5.41, 5.74) is -0.819. The Hall–Kier alpha value is -1.89. The number of nitrogens with one attached hydrogen (secondary N) is 2. The van der Waals surface area contributed by atoms with Crippen LogP contribution in [0.3, 0.4) is 0 Å². The van der Waals surface area contributed by atoms with Crippen LogP contribution in [-0.4, -0.2) is 40.7 Å². The van der Waals surface area contributed by atoms with Crippen molar-refractivity contribution < 1.29 is 14.4 Å². The fourth-order valence-corrected chi connectivity index (χ4v) is 5.17. The molecule has 0 bridgehead atoms. The van der Waals surface area contributed by atoms with Gasteiger partial charge in [0.15, 0.2) is 0 Å². The van der Waals surface area contributed by atoms with E-state index in [4.69, 9.17) is 0 Å². The molecule has 1 aromatic heterocycles. The Kier molecular flexibility index (Phi) is 7.10. The monoisotopic (exact) mass is 405 g/mol. The van der Waals surface area contributed by atoms with E-state index < -0.39 is 5.54 Å². The van der Waals surface area contributed by atoms with E-state index in [0.29, 0.717) is 19.4 Å². The summed E-state index contributed by atoms with van der Waals surface area (Å²) in [5, 5.41) is 7.85. The lowest BCUT2D eigenvalue weighted by molar-refractivity contribution is -0.151. The van der Waals surface area contributed by atoms with Gasteiger partial charge in [-0.15, -0.1) is 11.3 Å². The number of carbonyl (C=O) groups is 3. The van der Waals surface area contributed by atoms with Crippen LogP contribution in [0.5, 0.6) is 0 Å². The van der Waals surface area contributed by atoms with E-state index in [0.717, 1.165) is 49.8 Å². The topological polar surface area (TPSA) is 78.5 Å². The maximum absolute atomic E-state index is 13.5. The molecule has 28 heavy (non-hydrogen) atoms. The first-order chi connectivity index (χ1) is 13.5. The number of hydrogen-bond acceptors (Lipinski definition) is 4. The molecular weight excluding hydrogens is 374 g/mol. The fourth-order valence-electron chi connectivity index (χ4n) is 4.48. The van der Waals surface area contributed by atoms with Crippen LogP contribution in [0, 0.1) is 0 Å². The van der Waals surface area contributed by atoms with Crippen molar-refractivity contribution in [3.63, 3.8) is 0 Å². The predicted molar refractivity (Wildman–Crippen MR) is 110 cm³/mol. The highest BCUT2D eigenvalue weighted by Gasteiger charge is 2.47. The molecule has 1 aromatic rings. The van der Waals surface area contributed by atoms with Gasteiger partial charge in [0.05, 0.1) is 13.1 Å². The first-order valence-electron chi connectivity index (χ1n) is 10.4. The van der Waals surface area contributed by atoms with Gasteiger partial charge in [0, 0.05) is 17.8 Å². The maximum Gasteiger partial charge on any atom is 0.246 e. The number of hydrogen-bond donors (Lipinski definition) is 2. The van der Waals surface area contributed by atoms with Crippen molar-refractivity contribution in [2.45, 2.75) is 82.8 Å². The smallest absolute Gasteiger partial charge is 0.246 e. The number of amides is 3. The Bertz CT molecular complexity index is 677. The Labute approximate surface area is 171 Å². The number of nitrogens with zero attached hydrogens (tertiary/aromatic N) is 1. The molecule has 2 fully saturated rings. The van der Waals surface area contributed by atoms with E-state index in [9.17, 15) is 14.4 Å². The summed E-state index contributed by atoms with van der Waals surface area (Å²) >= 11 is 1.59. The standard InChI is InChI=1S/C21H31N3O3S/c1-16(25)22-14-19(26)24(15-18-10-7-13-28-18)21(11-5-2-6-12-21)20(27)23-17-8-3-4-9-17/h7,10,13,17H,2-6,8-9,11-12,14-15H2,1H3,(H,22,25)(H,23,27). The van der Waals surface area contributed by atoms with Crippen LogP contribution in [0.2, 0.25) is 0 Å². The van der Waals surface area contributed by atoms with E-state index in [2.05, 4.69) is 10.6 Å². The van der Waals surface area contributed by atoms with Crippen molar-refractivity contribution in [1.82, 2.24) is 15.5 Å². The lowest BCUT2D eigenvalue weighted by Crippen LogP contribution is -2.63. The molecule has 0 spiro atoms. The molecule has 0 unspecified atom stereocenters. The third-order valence-corrected chi connectivity index (χ3v) is 6.86. The Morgan fingerprint density at radius 3 is 2.46 bits per heavy atom. The molecule has 2 N–H and O–H groups in total. The largest absolute Gasteiger partial charge is 0.351 e. The maximum atomic E-state index is 13.5. The van der Waals surface area contributed by atoms with Gasteiger partial charge in [0.25, 0.3) is 0 Å². The minimum absolute atomic E-state index is 0.00756. The molecule has 154 valence electrons. The predicted octanol–water partition coefficient (Wildman–Crippen LogP) is 2.97. The minimum Gasteiger partial charge on any atom is -0.351 e. The SMILES string of the molecule is CC(=O)NCC(=O)N(Cc1cccs1)C1(C(=O)NC2CCCC2)CCCCC1. The van der Waals surface area contributed by atoms with Crippen LogP contribution in [-0.2, 0) is 20.9 Å². The molecule has 7 heteroatoms. The molecule has 0 aromatic carbocycles. The summed E-state index contributed by atoms with van der Waals surface area (Å²) in [7, 11) is 0. The second kappa shape index (κ2) is 9.54. The molecule has 3 rings (SSSR count). The number of carbonyl (C=O) groups excluding carboxylic acids is 3. The number of rotatable bonds is 7. The van der Waals surface area contributed by atoms with Crippen molar-refractivity contribution in [3.05, 3.63) is 22.4 Å². The average Bonchev–Trinajstić information content (AvgIpc) is 3.38. The second-order valence-corrected chi connectivity index (χ2v) is 9.05.